The summed E-state index contributed by atoms with van der Waals surface area (Å²) in [6, 6.07) is 6.39. The lowest BCUT2D eigenvalue weighted by Gasteiger charge is -2.28. The molecule has 0 saturated heterocycles. The first-order valence-electron chi connectivity index (χ1n) is 6.69. The monoisotopic (exact) mass is 277 g/mol. The first-order chi connectivity index (χ1) is 9.00. The maximum atomic E-state index is 11.8. The Balaban J connectivity index is 2.17. The van der Waals surface area contributed by atoms with Gasteiger partial charge in [-0.15, -0.1) is 11.6 Å². The largest absolute Gasteiger partial charge is 0.337 e. The molecule has 102 valence electrons. The van der Waals surface area contributed by atoms with Crippen LogP contribution in [0.15, 0.2) is 24.3 Å². The second-order valence-electron chi connectivity index (χ2n) is 5.13. The van der Waals surface area contributed by atoms with Gasteiger partial charge in [-0.25, -0.2) is 0 Å². The Morgan fingerprint density at radius 2 is 2.11 bits per heavy atom. The van der Waals surface area contributed by atoms with Gasteiger partial charge in [-0.3, -0.25) is 4.79 Å². The van der Waals surface area contributed by atoms with Crippen molar-refractivity contribution in [2.24, 2.45) is 0 Å². The number of hydrogen-bond donors (Lipinski definition) is 0. The third-order valence-corrected chi connectivity index (χ3v) is 4.00. The van der Waals surface area contributed by atoms with Crippen LogP contribution in [0, 0.1) is 13.8 Å². The van der Waals surface area contributed by atoms with Gasteiger partial charge in [0.1, 0.15) is 5.38 Å². The molecule has 0 bridgehead atoms. The van der Waals surface area contributed by atoms with Crippen molar-refractivity contribution in [2.45, 2.75) is 32.6 Å². The number of amides is 1. The molecular formula is C16H20ClNO. The van der Waals surface area contributed by atoms with Crippen LogP contribution in [0.3, 0.4) is 0 Å². The van der Waals surface area contributed by atoms with E-state index in [4.69, 9.17) is 11.6 Å². The highest BCUT2D eigenvalue weighted by atomic mass is 35.5. The van der Waals surface area contributed by atoms with Crippen LogP contribution in [-0.2, 0) is 4.79 Å². The number of carbonyl (C=O) groups excluding carboxylic acids is 1. The number of nitrogens with zero attached hydrogens (tertiary/aromatic N) is 1. The zero-order valence-electron chi connectivity index (χ0n) is 11.7. The van der Waals surface area contributed by atoms with Gasteiger partial charge in [0.25, 0.3) is 0 Å². The first kappa shape index (κ1) is 14.1. The van der Waals surface area contributed by atoms with Crippen LogP contribution < -0.4 is 0 Å². The molecule has 0 fully saturated rings. The van der Waals surface area contributed by atoms with Crippen LogP contribution in [0.2, 0.25) is 0 Å². The van der Waals surface area contributed by atoms with Crippen LogP contribution in [0.25, 0.3) is 5.57 Å². The van der Waals surface area contributed by atoms with Crippen molar-refractivity contribution in [3.63, 3.8) is 0 Å². The molecule has 0 radical (unpaired) electrons. The number of carbonyl (C=O) groups is 1. The smallest absolute Gasteiger partial charge is 0.240 e. The summed E-state index contributed by atoms with van der Waals surface area (Å²) in [7, 11) is 0. The van der Waals surface area contributed by atoms with Crippen LogP contribution in [-0.4, -0.2) is 29.3 Å². The SMILES string of the molecule is Cc1cccc(C2=CCN(C(=O)C(C)Cl)CC2)c1C. The molecule has 1 aliphatic rings. The van der Waals surface area contributed by atoms with Crippen LogP contribution in [0.1, 0.15) is 30.0 Å². The van der Waals surface area contributed by atoms with E-state index in [1.165, 1.54) is 22.3 Å². The quantitative estimate of drug-likeness (QED) is 0.757. The number of hydrogen-bond acceptors (Lipinski definition) is 1. The van der Waals surface area contributed by atoms with E-state index in [1.54, 1.807) is 6.92 Å². The van der Waals surface area contributed by atoms with Crippen molar-refractivity contribution < 1.29 is 4.79 Å². The number of aryl methyl sites for hydroxylation is 1. The highest BCUT2D eigenvalue weighted by Gasteiger charge is 2.21. The summed E-state index contributed by atoms with van der Waals surface area (Å²) >= 11 is 5.85. The van der Waals surface area contributed by atoms with Crippen molar-refractivity contribution in [1.29, 1.82) is 0 Å². The van der Waals surface area contributed by atoms with E-state index in [0.29, 0.717) is 6.54 Å². The minimum Gasteiger partial charge on any atom is -0.337 e. The van der Waals surface area contributed by atoms with Gasteiger partial charge in [-0.2, -0.15) is 0 Å². The summed E-state index contributed by atoms with van der Waals surface area (Å²) in [5, 5.41) is -0.435. The van der Waals surface area contributed by atoms with E-state index in [-0.39, 0.29) is 5.91 Å². The molecule has 0 spiro atoms. The zero-order chi connectivity index (χ0) is 14.0. The van der Waals surface area contributed by atoms with Crippen LogP contribution in [0.4, 0.5) is 0 Å². The minimum absolute atomic E-state index is 0.0259. The molecule has 3 heteroatoms. The van der Waals surface area contributed by atoms with E-state index >= 15 is 0 Å². The first-order valence-corrected chi connectivity index (χ1v) is 7.13. The Labute approximate surface area is 120 Å². The molecule has 1 unspecified atom stereocenters. The van der Waals surface area contributed by atoms with Crippen LogP contribution in [0.5, 0.6) is 0 Å². The topological polar surface area (TPSA) is 20.3 Å². The van der Waals surface area contributed by atoms with E-state index < -0.39 is 5.38 Å². The molecule has 2 rings (SSSR count). The van der Waals surface area contributed by atoms with Gasteiger partial charge in [-0.1, -0.05) is 24.3 Å². The molecule has 1 heterocycles. The number of benzene rings is 1. The third-order valence-electron chi connectivity index (χ3n) is 3.81. The Morgan fingerprint density at radius 1 is 1.37 bits per heavy atom. The summed E-state index contributed by atoms with van der Waals surface area (Å²) < 4.78 is 0. The molecule has 0 N–H and O–H groups in total. The molecule has 2 nitrogen and oxygen atoms in total. The van der Waals surface area contributed by atoms with Crippen LogP contribution >= 0.6 is 11.6 Å². The maximum Gasteiger partial charge on any atom is 0.240 e. The van der Waals surface area contributed by atoms with E-state index in [0.717, 1.165) is 13.0 Å². The minimum atomic E-state index is -0.435. The second kappa shape index (κ2) is 5.79. The van der Waals surface area contributed by atoms with Crippen molar-refractivity contribution in [3.8, 4) is 0 Å². The summed E-state index contributed by atoms with van der Waals surface area (Å²) in [5.41, 5.74) is 5.30. The average Bonchev–Trinajstić information content (AvgIpc) is 2.41. The Kier molecular flexibility index (Phi) is 4.31. The lowest BCUT2D eigenvalue weighted by Crippen LogP contribution is -2.38. The van der Waals surface area contributed by atoms with Crippen molar-refractivity contribution in [2.75, 3.05) is 13.1 Å². The van der Waals surface area contributed by atoms with E-state index in [1.807, 2.05) is 4.90 Å². The predicted molar refractivity (Wildman–Crippen MR) is 80.4 cm³/mol. The van der Waals surface area contributed by atoms with Crippen molar-refractivity contribution >= 4 is 23.1 Å². The van der Waals surface area contributed by atoms with Gasteiger partial charge >= 0.3 is 0 Å². The van der Waals surface area contributed by atoms with Crippen molar-refractivity contribution in [1.82, 2.24) is 4.90 Å². The van der Waals surface area contributed by atoms with E-state index in [9.17, 15) is 4.79 Å². The fourth-order valence-corrected chi connectivity index (χ4v) is 2.60. The fourth-order valence-electron chi connectivity index (χ4n) is 2.46. The summed E-state index contributed by atoms with van der Waals surface area (Å²) in [4.78, 5) is 13.7. The summed E-state index contributed by atoms with van der Waals surface area (Å²) in [5.74, 6) is 0.0259. The molecule has 1 aromatic carbocycles. The molecule has 1 aliphatic heterocycles. The summed E-state index contributed by atoms with van der Waals surface area (Å²) in [6.07, 6.45) is 3.06. The molecular weight excluding hydrogens is 258 g/mol. The molecule has 19 heavy (non-hydrogen) atoms. The van der Waals surface area contributed by atoms with Gasteiger partial charge in [0, 0.05) is 13.1 Å². The Hall–Kier alpha value is -1.28. The number of rotatable bonds is 2. The average molecular weight is 278 g/mol. The zero-order valence-corrected chi connectivity index (χ0v) is 12.5. The number of alkyl halides is 1. The Morgan fingerprint density at radius 3 is 2.68 bits per heavy atom. The van der Waals surface area contributed by atoms with Gasteiger partial charge in [0.15, 0.2) is 0 Å². The predicted octanol–water partition coefficient (Wildman–Crippen LogP) is 3.55. The van der Waals surface area contributed by atoms with Gasteiger partial charge in [0.2, 0.25) is 5.91 Å². The fraction of sp³-hybridized carbons (Fsp3) is 0.438. The molecule has 0 aromatic heterocycles. The molecule has 0 saturated carbocycles. The highest BCUT2D eigenvalue weighted by molar-refractivity contribution is 6.30. The third kappa shape index (κ3) is 3.01. The molecule has 0 aliphatic carbocycles. The molecule has 1 atom stereocenters. The molecule has 1 aromatic rings. The number of halogens is 1. The maximum absolute atomic E-state index is 11.8. The van der Waals surface area contributed by atoms with Crippen molar-refractivity contribution in [3.05, 3.63) is 41.0 Å². The second-order valence-corrected chi connectivity index (χ2v) is 5.78. The van der Waals surface area contributed by atoms with Gasteiger partial charge < -0.3 is 4.90 Å². The normalized spacial score (nSPS) is 17.1. The highest BCUT2D eigenvalue weighted by Crippen LogP contribution is 2.27. The van der Waals surface area contributed by atoms with E-state index in [2.05, 4.69) is 38.1 Å². The van der Waals surface area contributed by atoms with Gasteiger partial charge in [0.05, 0.1) is 0 Å². The standard InChI is InChI=1S/C16H20ClNO/c1-11-5-4-6-15(12(11)2)14-7-9-18(10-8-14)16(19)13(3)17/h4-7,13H,8-10H2,1-3H3. The lowest BCUT2D eigenvalue weighted by atomic mass is 9.93. The van der Waals surface area contributed by atoms with Gasteiger partial charge in [-0.05, 0) is 49.5 Å². The summed E-state index contributed by atoms with van der Waals surface area (Å²) in [6.45, 7) is 7.44. The Bertz CT molecular complexity index is 519. The lowest BCUT2D eigenvalue weighted by molar-refractivity contribution is -0.130. The molecule has 1 amide bonds.